The number of hydrogen-bond donors (Lipinski definition) is 1. The first-order valence-electron chi connectivity index (χ1n) is 6.98. The van der Waals surface area contributed by atoms with E-state index in [1.165, 1.54) is 6.07 Å². The number of aliphatic hydroxyl groups excluding tert-OH is 1. The number of aliphatic hydroxyl groups is 1. The van der Waals surface area contributed by atoms with Gasteiger partial charge in [-0.25, -0.2) is 8.78 Å². The molecule has 1 aliphatic heterocycles. The van der Waals surface area contributed by atoms with Crippen molar-refractivity contribution >= 4 is 0 Å². The molecule has 1 fully saturated rings. The zero-order valence-corrected chi connectivity index (χ0v) is 11.3. The number of nitrogens with zero attached hydrogens (tertiary/aromatic N) is 1. The lowest BCUT2D eigenvalue weighted by atomic mass is 9.95. The fourth-order valence-corrected chi connectivity index (χ4v) is 2.81. The van der Waals surface area contributed by atoms with E-state index in [0.29, 0.717) is 18.5 Å². The van der Waals surface area contributed by atoms with Crippen molar-refractivity contribution in [1.29, 1.82) is 0 Å². The van der Waals surface area contributed by atoms with Crippen molar-refractivity contribution in [2.24, 2.45) is 0 Å². The van der Waals surface area contributed by atoms with Gasteiger partial charge in [0.2, 0.25) is 0 Å². The third kappa shape index (κ3) is 3.31. The normalized spacial score (nSPS) is 22.4. The molecule has 0 aliphatic carbocycles. The monoisotopic (exact) mass is 269 g/mol. The fraction of sp³-hybridized carbons (Fsp3) is 0.600. The molecule has 1 aliphatic rings. The van der Waals surface area contributed by atoms with Gasteiger partial charge in [-0.3, -0.25) is 4.90 Å². The van der Waals surface area contributed by atoms with Crippen LogP contribution in [0.25, 0.3) is 0 Å². The van der Waals surface area contributed by atoms with Crippen LogP contribution >= 0.6 is 0 Å². The largest absolute Gasteiger partial charge is 0.392 e. The van der Waals surface area contributed by atoms with Gasteiger partial charge in [0, 0.05) is 18.2 Å². The summed E-state index contributed by atoms with van der Waals surface area (Å²) in [5, 5.41) is 10.0. The Bertz CT molecular complexity index is 425. The van der Waals surface area contributed by atoms with Crippen molar-refractivity contribution in [2.75, 3.05) is 6.54 Å². The first-order valence-corrected chi connectivity index (χ1v) is 6.98. The lowest BCUT2D eigenvalue weighted by molar-refractivity contribution is 0.0189. The van der Waals surface area contributed by atoms with E-state index < -0.39 is 17.7 Å². The van der Waals surface area contributed by atoms with Crippen LogP contribution in [0, 0.1) is 11.6 Å². The Hall–Kier alpha value is -1.00. The maximum absolute atomic E-state index is 13.7. The molecule has 106 valence electrons. The summed E-state index contributed by atoms with van der Waals surface area (Å²) in [5.41, 5.74) is 0.371. The van der Waals surface area contributed by atoms with Crippen molar-refractivity contribution in [3.05, 3.63) is 35.4 Å². The molecule has 1 aromatic carbocycles. The van der Waals surface area contributed by atoms with E-state index in [9.17, 15) is 13.9 Å². The summed E-state index contributed by atoms with van der Waals surface area (Å²) in [6.07, 6.45) is 3.35. The summed E-state index contributed by atoms with van der Waals surface area (Å²) in [6, 6.07) is 4.33. The van der Waals surface area contributed by atoms with Crippen LogP contribution in [0.4, 0.5) is 8.78 Å². The van der Waals surface area contributed by atoms with Crippen LogP contribution in [0.3, 0.4) is 0 Å². The van der Waals surface area contributed by atoms with Crippen LogP contribution in [0.15, 0.2) is 18.2 Å². The third-order valence-electron chi connectivity index (χ3n) is 3.93. The van der Waals surface area contributed by atoms with Crippen molar-refractivity contribution in [2.45, 2.75) is 51.3 Å². The van der Waals surface area contributed by atoms with E-state index in [1.807, 2.05) is 6.92 Å². The summed E-state index contributed by atoms with van der Waals surface area (Å²) in [7, 11) is 0. The Morgan fingerprint density at radius 3 is 2.89 bits per heavy atom. The minimum absolute atomic E-state index is 0.0569. The van der Waals surface area contributed by atoms with E-state index in [-0.39, 0.29) is 6.04 Å². The zero-order chi connectivity index (χ0) is 13.8. The molecule has 2 rings (SSSR count). The van der Waals surface area contributed by atoms with Gasteiger partial charge in [0.1, 0.15) is 0 Å². The Balaban J connectivity index is 2.13. The highest BCUT2D eigenvalue weighted by atomic mass is 19.2. The van der Waals surface area contributed by atoms with E-state index in [4.69, 9.17) is 0 Å². The molecule has 0 bridgehead atoms. The summed E-state index contributed by atoms with van der Waals surface area (Å²) in [5.74, 6) is -1.57. The standard InChI is InChI=1S/C15H21F2NO/c1-2-14(19)13-8-3-4-9-18(13)10-11-6-5-7-12(16)15(11)17/h5-7,13-14,19H,2-4,8-10H2,1H3. The number of benzene rings is 1. The number of hydrogen-bond acceptors (Lipinski definition) is 2. The molecular weight excluding hydrogens is 248 g/mol. The van der Waals surface area contributed by atoms with E-state index in [2.05, 4.69) is 4.90 Å². The van der Waals surface area contributed by atoms with Crippen molar-refractivity contribution in [1.82, 2.24) is 4.90 Å². The maximum Gasteiger partial charge on any atom is 0.163 e. The zero-order valence-electron chi connectivity index (χ0n) is 11.3. The number of likely N-dealkylation sites (tertiary alicyclic amines) is 1. The Labute approximate surface area is 113 Å². The van der Waals surface area contributed by atoms with Crippen LogP contribution < -0.4 is 0 Å². The molecule has 0 saturated carbocycles. The summed E-state index contributed by atoms with van der Waals surface area (Å²) in [6.45, 7) is 3.14. The molecule has 0 radical (unpaired) electrons. The molecule has 1 N–H and O–H groups in total. The van der Waals surface area contributed by atoms with Crippen LogP contribution in [0.1, 0.15) is 38.2 Å². The van der Waals surface area contributed by atoms with Crippen LogP contribution in [-0.2, 0) is 6.54 Å². The average Bonchev–Trinajstić information content (AvgIpc) is 2.43. The van der Waals surface area contributed by atoms with Gasteiger partial charge in [-0.2, -0.15) is 0 Å². The number of piperidine rings is 1. The van der Waals surface area contributed by atoms with E-state index in [1.54, 1.807) is 6.07 Å². The predicted molar refractivity (Wildman–Crippen MR) is 70.7 cm³/mol. The molecule has 2 unspecified atom stereocenters. The minimum atomic E-state index is -0.804. The average molecular weight is 269 g/mol. The Morgan fingerprint density at radius 2 is 2.16 bits per heavy atom. The number of rotatable bonds is 4. The Morgan fingerprint density at radius 1 is 1.37 bits per heavy atom. The van der Waals surface area contributed by atoms with E-state index >= 15 is 0 Å². The molecule has 0 amide bonds. The molecule has 0 aromatic heterocycles. The number of halogens is 2. The van der Waals surface area contributed by atoms with Crippen molar-refractivity contribution in [3.8, 4) is 0 Å². The van der Waals surface area contributed by atoms with Crippen LogP contribution in [-0.4, -0.2) is 28.7 Å². The van der Waals surface area contributed by atoms with Gasteiger partial charge in [-0.15, -0.1) is 0 Å². The quantitative estimate of drug-likeness (QED) is 0.908. The highest BCUT2D eigenvalue weighted by Gasteiger charge is 2.28. The molecule has 2 atom stereocenters. The first kappa shape index (κ1) is 14.4. The molecular formula is C15H21F2NO. The summed E-state index contributed by atoms with van der Waals surface area (Å²) >= 11 is 0. The van der Waals surface area contributed by atoms with Gasteiger partial charge >= 0.3 is 0 Å². The summed E-state index contributed by atoms with van der Waals surface area (Å²) in [4.78, 5) is 2.08. The highest BCUT2D eigenvalue weighted by molar-refractivity contribution is 5.19. The van der Waals surface area contributed by atoms with Crippen molar-refractivity contribution < 1.29 is 13.9 Å². The second-order valence-corrected chi connectivity index (χ2v) is 5.22. The smallest absolute Gasteiger partial charge is 0.163 e. The lowest BCUT2D eigenvalue weighted by Crippen LogP contribution is -2.46. The molecule has 2 nitrogen and oxygen atoms in total. The van der Waals surface area contributed by atoms with Gasteiger partial charge in [0.05, 0.1) is 6.10 Å². The molecule has 0 spiro atoms. The minimum Gasteiger partial charge on any atom is -0.392 e. The third-order valence-corrected chi connectivity index (χ3v) is 3.93. The van der Waals surface area contributed by atoms with Crippen LogP contribution in [0.5, 0.6) is 0 Å². The van der Waals surface area contributed by atoms with E-state index in [0.717, 1.165) is 31.9 Å². The predicted octanol–water partition coefficient (Wildman–Crippen LogP) is 3.09. The van der Waals surface area contributed by atoms with Crippen molar-refractivity contribution in [3.63, 3.8) is 0 Å². The highest BCUT2D eigenvalue weighted by Crippen LogP contribution is 2.24. The van der Waals surface area contributed by atoms with Gasteiger partial charge in [0.25, 0.3) is 0 Å². The molecule has 1 saturated heterocycles. The molecule has 19 heavy (non-hydrogen) atoms. The fourth-order valence-electron chi connectivity index (χ4n) is 2.81. The summed E-state index contributed by atoms with van der Waals surface area (Å²) < 4.78 is 26.9. The molecule has 1 heterocycles. The topological polar surface area (TPSA) is 23.5 Å². The first-order chi connectivity index (χ1) is 9.13. The van der Waals surface area contributed by atoms with Crippen LogP contribution in [0.2, 0.25) is 0 Å². The lowest BCUT2D eigenvalue weighted by Gasteiger charge is -2.38. The Kier molecular flexibility index (Phi) is 4.88. The second-order valence-electron chi connectivity index (χ2n) is 5.22. The molecule has 4 heteroatoms. The van der Waals surface area contributed by atoms with Gasteiger partial charge < -0.3 is 5.11 Å². The second kappa shape index (κ2) is 6.44. The van der Waals surface area contributed by atoms with Gasteiger partial charge in [0.15, 0.2) is 11.6 Å². The SMILES string of the molecule is CCC(O)C1CCCCN1Cc1cccc(F)c1F. The maximum atomic E-state index is 13.7. The van der Waals surface area contributed by atoms with Gasteiger partial charge in [-0.1, -0.05) is 25.5 Å². The molecule has 1 aromatic rings. The van der Waals surface area contributed by atoms with Gasteiger partial charge in [-0.05, 0) is 31.9 Å².